The maximum Gasteiger partial charge on any atom is 0.342 e. The van der Waals surface area contributed by atoms with Gasteiger partial charge in [-0.2, -0.15) is 0 Å². The molecule has 1 heterocycles. The van der Waals surface area contributed by atoms with Crippen LogP contribution in [0.2, 0.25) is 0 Å². The predicted octanol–water partition coefficient (Wildman–Crippen LogP) is 3.01. The van der Waals surface area contributed by atoms with E-state index in [2.05, 4.69) is 10.3 Å². The third-order valence-corrected chi connectivity index (χ3v) is 3.67. The standard InChI is InChI=1S/C20H22N2O5/c1-3-26-19(24)15-12-13-21-18(17(15)20(25)27-4-2)22-16(23)11-10-14-8-6-5-7-9-14/h5-9,12-13H,3-4,10-11H2,1-2H3,(H,21,22,23). The number of carbonyl (C=O) groups excluding carboxylic acids is 3. The molecule has 7 nitrogen and oxygen atoms in total. The van der Waals surface area contributed by atoms with Gasteiger partial charge in [0.1, 0.15) is 11.4 Å². The van der Waals surface area contributed by atoms with Gasteiger partial charge in [-0.05, 0) is 31.9 Å². The monoisotopic (exact) mass is 370 g/mol. The van der Waals surface area contributed by atoms with Gasteiger partial charge in [-0.15, -0.1) is 0 Å². The highest BCUT2D eigenvalue weighted by Crippen LogP contribution is 2.20. The molecule has 0 atom stereocenters. The number of aryl methyl sites for hydroxylation is 1. The van der Waals surface area contributed by atoms with Gasteiger partial charge in [0.25, 0.3) is 0 Å². The number of pyridine rings is 1. The summed E-state index contributed by atoms with van der Waals surface area (Å²) in [6, 6.07) is 10.9. The van der Waals surface area contributed by atoms with Gasteiger partial charge in [-0.25, -0.2) is 14.6 Å². The fourth-order valence-electron chi connectivity index (χ4n) is 2.44. The lowest BCUT2D eigenvalue weighted by Crippen LogP contribution is -2.21. The second kappa shape index (κ2) is 10.1. The van der Waals surface area contributed by atoms with Gasteiger partial charge in [0.05, 0.1) is 18.8 Å². The second-order valence-electron chi connectivity index (χ2n) is 5.56. The molecular formula is C20H22N2O5. The molecule has 0 aliphatic heterocycles. The largest absolute Gasteiger partial charge is 0.462 e. The molecule has 0 saturated carbocycles. The van der Waals surface area contributed by atoms with Crippen molar-refractivity contribution in [2.24, 2.45) is 0 Å². The summed E-state index contributed by atoms with van der Waals surface area (Å²) in [4.78, 5) is 40.8. The van der Waals surface area contributed by atoms with Crippen molar-refractivity contribution < 1.29 is 23.9 Å². The Hall–Kier alpha value is -3.22. The van der Waals surface area contributed by atoms with Gasteiger partial charge in [0, 0.05) is 12.6 Å². The van der Waals surface area contributed by atoms with Gasteiger partial charge in [-0.3, -0.25) is 4.79 Å². The lowest BCUT2D eigenvalue weighted by Gasteiger charge is -2.13. The maximum absolute atomic E-state index is 12.3. The Labute approximate surface area is 157 Å². The molecule has 0 unspecified atom stereocenters. The maximum atomic E-state index is 12.3. The van der Waals surface area contributed by atoms with E-state index in [-0.39, 0.29) is 42.5 Å². The summed E-state index contributed by atoms with van der Waals surface area (Å²) in [5.41, 5.74) is 0.918. The Kier molecular flexibility index (Phi) is 7.49. The zero-order valence-electron chi connectivity index (χ0n) is 15.4. The summed E-state index contributed by atoms with van der Waals surface area (Å²) in [6.07, 6.45) is 2.08. The highest BCUT2D eigenvalue weighted by molar-refractivity contribution is 6.08. The number of hydrogen-bond donors (Lipinski definition) is 1. The summed E-state index contributed by atoms with van der Waals surface area (Å²) in [7, 11) is 0. The van der Waals surface area contributed by atoms with Crippen molar-refractivity contribution in [3.05, 3.63) is 59.3 Å². The fourth-order valence-corrected chi connectivity index (χ4v) is 2.44. The van der Waals surface area contributed by atoms with Crippen LogP contribution in [0.1, 0.15) is 46.5 Å². The molecule has 0 saturated heterocycles. The molecule has 0 aliphatic rings. The minimum atomic E-state index is -0.744. The first kappa shape index (κ1) is 20.1. The van der Waals surface area contributed by atoms with Crippen LogP contribution in [0.4, 0.5) is 5.82 Å². The molecule has 1 aromatic heterocycles. The molecule has 0 spiro atoms. The van der Waals surface area contributed by atoms with Gasteiger partial charge in [-0.1, -0.05) is 30.3 Å². The third-order valence-electron chi connectivity index (χ3n) is 3.67. The van der Waals surface area contributed by atoms with Gasteiger partial charge in [0.2, 0.25) is 5.91 Å². The van der Waals surface area contributed by atoms with Crippen molar-refractivity contribution in [3.63, 3.8) is 0 Å². The summed E-state index contributed by atoms with van der Waals surface area (Å²) < 4.78 is 9.99. The molecule has 7 heteroatoms. The van der Waals surface area contributed by atoms with E-state index in [1.165, 1.54) is 12.3 Å². The number of esters is 2. The summed E-state index contributed by atoms with van der Waals surface area (Å²) >= 11 is 0. The first-order chi connectivity index (χ1) is 13.1. The van der Waals surface area contributed by atoms with Crippen molar-refractivity contribution >= 4 is 23.7 Å². The number of benzene rings is 1. The number of ether oxygens (including phenoxy) is 2. The number of aromatic nitrogens is 1. The number of rotatable bonds is 8. The van der Waals surface area contributed by atoms with Crippen LogP contribution in [0, 0.1) is 0 Å². The Morgan fingerprint density at radius 1 is 0.963 bits per heavy atom. The molecule has 0 bridgehead atoms. The Balaban J connectivity index is 2.21. The van der Waals surface area contributed by atoms with E-state index in [0.717, 1.165) is 5.56 Å². The molecule has 1 amide bonds. The topological polar surface area (TPSA) is 94.6 Å². The number of carbonyl (C=O) groups is 3. The van der Waals surface area contributed by atoms with E-state index in [1.807, 2.05) is 30.3 Å². The van der Waals surface area contributed by atoms with Gasteiger partial charge >= 0.3 is 11.9 Å². The van der Waals surface area contributed by atoms with Crippen LogP contribution in [0.15, 0.2) is 42.6 Å². The van der Waals surface area contributed by atoms with Crippen molar-refractivity contribution in [1.82, 2.24) is 4.98 Å². The molecule has 1 N–H and O–H groups in total. The Morgan fingerprint density at radius 3 is 2.30 bits per heavy atom. The minimum Gasteiger partial charge on any atom is -0.462 e. The molecule has 27 heavy (non-hydrogen) atoms. The van der Waals surface area contributed by atoms with Crippen LogP contribution in [-0.4, -0.2) is 36.0 Å². The van der Waals surface area contributed by atoms with E-state index in [0.29, 0.717) is 6.42 Å². The Morgan fingerprint density at radius 2 is 1.63 bits per heavy atom. The smallest absolute Gasteiger partial charge is 0.342 e. The van der Waals surface area contributed by atoms with Crippen molar-refractivity contribution in [2.45, 2.75) is 26.7 Å². The van der Waals surface area contributed by atoms with Crippen molar-refractivity contribution in [1.29, 1.82) is 0 Å². The fraction of sp³-hybridized carbons (Fsp3) is 0.300. The summed E-state index contributed by atoms with van der Waals surface area (Å²) in [5.74, 6) is -1.76. The normalized spacial score (nSPS) is 10.1. The van der Waals surface area contributed by atoms with E-state index >= 15 is 0 Å². The second-order valence-corrected chi connectivity index (χ2v) is 5.56. The number of nitrogens with one attached hydrogen (secondary N) is 1. The van der Waals surface area contributed by atoms with Crippen molar-refractivity contribution in [3.8, 4) is 0 Å². The zero-order chi connectivity index (χ0) is 19.6. The minimum absolute atomic E-state index is 0.00339. The number of hydrogen-bond acceptors (Lipinski definition) is 6. The molecule has 142 valence electrons. The van der Waals surface area contributed by atoms with Crippen LogP contribution in [-0.2, 0) is 20.7 Å². The average molecular weight is 370 g/mol. The van der Waals surface area contributed by atoms with E-state index < -0.39 is 11.9 Å². The molecule has 2 rings (SSSR count). The lowest BCUT2D eigenvalue weighted by atomic mass is 10.1. The van der Waals surface area contributed by atoms with Crippen LogP contribution in [0.5, 0.6) is 0 Å². The van der Waals surface area contributed by atoms with Gasteiger partial charge < -0.3 is 14.8 Å². The molecule has 0 fully saturated rings. The van der Waals surface area contributed by atoms with Crippen LogP contribution < -0.4 is 5.32 Å². The average Bonchev–Trinajstić information content (AvgIpc) is 2.67. The first-order valence-electron chi connectivity index (χ1n) is 8.73. The van der Waals surface area contributed by atoms with Crippen LogP contribution >= 0.6 is 0 Å². The van der Waals surface area contributed by atoms with E-state index in [1.54, 1.807) is 13.8 Å². The molecular weight excluding hydrogens is 348 g/mol. The predicted molar refractivity (Wildman–Crippen MR) is 99.5 cm³/mol. The highest BCUT2D eigenvalue weighted by Gasteiger charge is 2.25. The Bertz CT molecular complexity index is 805. The number of amides is 1. The quantitative estimate of drug-likeness (QED) is 0.718. The summed E-state index contributed by atoms with van der Waals surface area (Å²) in [5, 5.41) is 2.60. The third kappa shape index (κ3) is 5.64. The first-order valence-corrected chi connectivity index (χ1v) is 8.73. The molecule has 2 aromatic rings. The lowest BCUT2D eigenvalue weighted by molar-refractivity contribution is -0.116. The van der Waals surface area contributed by atoms with Crippen molar-refractivity contribution in [2.75, 3.05) is 18.5 Å². The molecule has 1 aromatic carbocycles. The zero-order valence-corrected chi connectivity index (χ0v) is 15.4. The van der Waals surface area contributed by atoms with Crippen LogP contribution in [0.3, 0.4) is 0 Å². The SMILES string of the molecule is CCOC(=O)c1ccnc(NC(=O)CCc2ccccc2)c1C(=O)OCC. The summed E-state index contributed by atoms with van der Waals surface area (Å²) in [6.45, 7) is 3.59. The van der Waals surface area contributed by atoms with Crippen LogP contribution in [0.25, 0.3) is 0 Å². The van der Waals surface area contributed by atoms with E-state index in [4.69, 9.17) is 9.47 Å². The number of nitrogens with zero attached hydrogens (tertiary/aromatic N) is 1. The molecule has 0 aliphatic carbocycles. The van der Waals surface area contributed by atoms with Gasteiger partial charge in [0.15, 0.2) is 0 Å². The molecule has 0 radical (unpaired) electrons. The number of anilines is 1. The highest BCUT2D eigenvalue weighted by atomic mass is 16.5. The van der Waals surface area contributed by atoms with E-state index in [9.17, 15) is 14.4 Å².